The second-order valence-electron chi connectivity index (χ2n) is 2.27. The molecule has 0 unspecified atom stereocenters. The van der Waals surface area contributed by atoms with Crippen LogP contribution in [0.3, 0.4) is 0 Å². The van der Waals surface area contributed by atoms with E-state index in [1.165, 1.54) is 7.11 Å². The Hall–Kier alpha value is -1.52. The Morgan fingerprint density at radius 2 is 1.82 bits per heavy atom. The number of aromatic nitrogens is 1. The third-order valence-corrected chi connectivity index (χ3v) is 1.43. The van der Waals surface area contributed by atoms with E-state index in [0.29, 0.717) is 0 Å². The lowest BCUT2D eigenvalue weighted by atomic mass is 10.2. The van der Waals surface area contributed by atoms with Crippen molar-refractivity contribution in [1.82, 2.24) is 4.98 Å². The Morgan fingerprint density at radius 1 is 1.29 bits per heavy atom. The number of pyridine rings is 1. The van der Waals surface area contributed by atoms with E-state index in [4.69, 9.17) is 0 Å². The van der Waals surface area contributed by atoms with Gasteiger partial charge in [0.1, 0.15) is 5.69 Å². The number of esters is 1. The normalized spacial score (nSPS) is 8.47. The molecule has 0 saturated heterocycles. The van der Waals surface area contributed by atoms with Gasteiger partial charge in [-0.3, -0.25) is 0 Å². The molecule has 0 N–H and O–H groups in total. The standard InChI is InChI=1S/C8H7F2NO2.2C2H6/c1-13-8(12)6-4-5(7(9)10)2-3-11-6;2*1-2/h2-4,7H,1H3;2*1-2H3. The fourth-order valence-corrected chi connectivity index (χ4v) is 0.799. The zero-order chi connectivity index (χ0) is 13.8. The van der Waals surface area contributed by atoms with E-state index in [2.05, 4.69) is 9.72 Å². The van der Waals surface area contributed by atoms with Gasteiger partial charge in [-0.1, -0.05) is 27.7 Å². The van der Waals surface area contributed by atoms with E-state index < -0.39 is 12.4 Å². The SMILES string of the molecule is CC.CC.COC(=O)c1cc(C(F)F)ccn1. The fraction of sp³-hybridized carbons (Fsp3) is 0.500. The van der Waals surface area contributed by atoms with E-state index in [1.54, 1.807) is 0 Å². The third kappa shape index (κ3) is 6.60. The number of carbonyl (C=O) groups excluding carboxylic acids is 1. The van der Waals surface area contributed by atoms with Crippen LogP contribution in [0.4, 0.5) is 8.78 Å². The molecular weight excluding hydrogens is 228 g/mol. The summed E-state index contributed by atoms with van der Waals surface area (Å²) in [6, 6.07) is 2.16. The van der Waals surface area contributed by atoms with Crippen LogP contribution in [0, 0.1) is 0 Å². The van der Waals surface area contributed by atoms with Crippen molar-refractivity contribution in [3.63, 3.8) is 0 Å². The van der Waals surface area contributed by atoms with Gasteiger partial charge in [-0.2, -0.15) is 0 Å². The zero-order valence-corrected chi connectivity index (χ0v) is 10.8. The van der Waals surface area contributed by atoms with E-state index in [-0.39, 0.29) is 11.3 Å². The number of rotatable bonds is 2. The molecule has 5 heteroatoms. The minimum atomic E-state index is -2.61. The van der Waals surface area contributed by atoms with Crippen LogP contribution in [-0.4, -0.2) is 18.1 Å². The molecule has 17 heavy (non-hydrogen) atoms. The summed E-state index contributed by atoms with van der Waals surface area (Å²) in [5.74, 6) is -0.720. The summed E-state index contributed by atoms with van der Waals surface area (Å²) in [6.45, 7) is 8.00. The quantitative estimate of drug-likeness (QED) is 0.745. The molecule has 1 rings (SSSR count). The molecule has 0 amide bonds. The van der Waals surface area contributed by atoms with Crippen LogP contribution in [0.25, 0.3) is 0 Å². The van der Waals surface area contributed by atoms with Gasteiger partial charge in [0.25, 0.3) is 6.43 Å². The van der Waals surface area contributed by atoms with E-state index in [0.717, 1.165) is 18.3 Å². The van der Waals surface area contributed by atoms with Crippen molar-refractivity contribution in [2.75, 3.05) is 7.11 Å². The first-order valence-corrected chi connectivity index (χ1v) is 5.47. The van der Waals surface area contributed by atoms with Gasteiger partial charge < -0.3 is 4.74 Å². The average Bonchev–Trinajstić information content (AvgIpc) is 2.42. The number of halogens is 2. The highest BCUT2D eigenvalue weighted by Gasteiger charge is 2.12. The second-order valence-corrected chi connectivity index (χ2v) is 2.27. The second kappa shape index (κ2) is 11.0. The molecule has 0 aromatic carbocycles. The number of carbonyl (C=O) groups is 1. The van der Waals surface area contributed by atoms with Crippen LogP contribution in [-0.2, 0) is 4.74 Å². The molecule has 1 heterocycles. The summed E-state index contributed by atoms with van der Waals surface area (Å²) < 4.78 is 28.6. The number of nitrogens with zero attached hydrogens (tertiary/aromatic N) is 1. The Kier molecular flexibility index (Phi) is 11.5. The molecule has 0 bridgehead atoms. The highest BCUT2D eigenvalue weighted by atomic mass is 19.3. The van der Waals surface area contributed by atoms with Crippen molar-refractivity contribution in [3.05, 3.63) is 29.6 Å². The topological polar surface area (TPSA) is 39.2 Å². The fourth-order valence-electron chi connectivity index (χ4n) is 0.799. The van der Waals surface area contributed by atoms with Crippen LogP contribution in [0.5, 0.6) is 0 Å². The summed E-state index contributed by atoms with van der Waals surface area (Å²) in [7, 11) is 1.17. The van der Waals surface area contributed by atoms with Crippen molar-refractivity contribution >= 4 is 5.97 Å². The Morgan fingerprint density at radius 3 is 2.24 bits per heavy atom. The highest BCUT2D eigenvalue weighted by Crippen LogP contribution is 2.18. The minimum absolute atomic E-state index is 0.111. The number of hydrogen-bond donors (Lipinski definition) is 0. The van der Waals surface area contributed by atoms with Crippen LogP contribution in [0.1, 0.15) is 50.2 Å². The molecule has 0 aliphatic rings. The first kappa shape index (κ1) is 17.9. The lowest BCUT2D eigenvalue weighted by Gasteiger charge is -2.01. The number of alkyl halides is 2. The van der Waals surface area contributed by atoms with Crippen molar-refractivity contribution in [3.8, 4) is 0 Å². The minimum Gasteiger partial charge on any atom is -0.464 e. The first-order valence-electron chi connectivity index (χ1n) is 5.47. The van der Waals surface area contributed by atoms with Crippen LogP contribution in [0.15, 0.2) is 18.3 Å². The summed E-state index contributed by atoms with van der Waals surface area (Å²) in [6.07, 6.45) is -1.46. The van der Waals surface area contributed by atoms with E-state index in [9.17, 15) is 13.6 Å². The van der Waals surface area contributed by atoms with Gasteiger partial charge in [-0.25, -0.2) is 18.6 Å². The zero-order valence-electron chi connectivity index (χ0n) is 10.8. The van der Waals surface area contributed by atoms with E-state index >= 15 is 0 Å². The van der Waals surface area contributed by atoms with Gasteiger partial charge in [-0.15, -0.1) is 0 Å². The summed E-state index contributed by atoms with van der Waals surface area (Å²) in [4.78, 5) is 14.4. The van der Waals surface area contributed by atoms with Crippen LogP contribution >= 0.6 is 0 Å². The van der Waals surface area contributed by atoms with Gasteiger partial charge in [-0.05, 0) is 12.1 Å². The largest absolute Gasteiger partial charge is 0.464 e. The molecule has 0 spiro atoms. The first-order chi connectivity index (χ1) is 8.15. The van der Waals surface area contributed by atoms with Gasteiger partial charge in [0, 0.05) is 11.8 Å². The molecule has 0 radical (unpaired) electrons. The molecular formula is C12H19F2NO2. The molecule has 1 aromatic rings. The number of hydrogen-bond acceptors (Lipinski definition) is 3. The third-order valence-electron chi connectivity index (χ3n) is 1.43. The van der Waals surface area contributed by atoms with Crippen molar-refractivity contribution in [1.29, 1.82) is 0 Å². The monoisotopic (exact) mass is 247 g/mol. The maximum Gasteiger partial charge on any atom is 0.356 e. The lowest BCUT2D eigenvalue weighted by Crippen LogP contribution is -2.04. The molecule has 0 aliphatic carbocycles. The summed E-state index contributed by atoms with van der Waals surface area (Å²) in [5.41, 5.74) is -0.351. The smallest absolute Gasteiger partial charge is 0.356 e. The van der Waals surface area contributed by atoms with Crippen molar-refractivity contribution in [2.45, 2.75) is 34.1 Å². The maximum absolute atomic E-state index is 12.1. The molecule has 98 valence electrons. The van der Waals surface area contributed by atoms with Crippen LogP contribution < -0.4 is 0 Å². The predicted octanol–water partition coefficient (Wildman–Crippen LogP) is 3.86. The molecule has 0 atom stereocenters. The van der Waals surface area contributed by atoms with Gasteiger partial charge in [0.15, 0.2) is 0 Å². The van der Waals surface area contributed by atoms with Crippen LogP contribution in [0.2, 0.25) is 0 Å². The average molecular weight is 247 g/mol. The Bertz CT molecular complexity index is 317. The van der Waals surface area contributed by atoms with Crippen molar-refractivity contribution in [2.24, 2.45) is 0 Å². The number of methoxy groups -OCH3 is 1. The maximum atomic E-state index is 12.1. The van der Waals surface area contributed by atoms with Gasteiger partial charge in [0.2, 0.25) is 0 Å². The summed E-state index contributed by atoms with van der Waals surface area (Å²) in [5, 5.41) is 0. The summed E-state index contributed by atoms with van der Waals surface area (Å²) >= 11 is 0. The molecule has 1 aromatic heterocycles. The molecule has 0 fully saturated rings. The van der Waals surface area contributed by atoms with Gasteiger partial charge in [0.05, 0.1) is 7.11 Å². The molecule has 0 aliphatic heterocycles. The van der Waals surface area contributed by atoms with Crippen molar-refractivity contribution < 1.29 is 18.3 Å². The van der Waals surface area contributed by atoms with Gasteiger partial charge >= 0.3 is 5.97 Å². The Balaban J connectivity index is 0. The molecule has 0 saturated carbocycles. The molecule has 3 nitrogen and oxygen atoms in total. The Labute approximate surface area is 101 Å². The predicted molar refractivity (Wildman–Crippen MR) is 63.2 cm³/mol. The van der Waals surface area contributed by atoms with E-state index in [1.807, 2.05) is 27.7 Å². The number of ether oxygens (including phenoxy) is 1. The lowest BCUT2D eigenvalue weighted by molar-refractivity contribution is 0.0593. The highest BCUT2D eigenvalue weighted by molar-refractivity contribution is 5.87.